The van der Waals surface area contributed by atoms with E-state index in [1.807, 2.05) is 63.2 Å². The van der Waals surface area contributed by atoms with Crippen LogP contribution >= 0.6 is 0 Å². The third-order valence-electron chi connectivity index (χ3n) is 5.22. The first-order chi connectivity index (χ1) is 11.4. The maximum Gasteiger partial charge on any atom is 0.177 e. The van der Waals surface area contributed by atoms with Gasteiger partial charge in [0.05, 0.1) is 6.26 Å². The van der Waals surface area contributed by atoms with Crippen molar-refractivity contribution in [3.05, 3.63) is 65.3 Å². The molecule has 1 aromatic heterocycles. The summed E-state index contributed by atoms with van der Waals surface area (Å²) in [5.74, 6) is -0.00604. The Kier molecular flexibility index (Phi) is 3.58. The minimum absolute atomic E-state index is 0.240. The molecule has 5 atom stereocenters. The van der Waals surface area contributed by atoms with Crippen LogP contribution in [0.5, 0.6) is 0 Å². The molecule has 128 valence electrons. The molecule has 0 amide bonds. The van der Waals surface area contributed by atoms with Gasteiger partial charge in [0.15, 0.2) is 23.7 Å². The third kappa shape index (κ3) is 2.40. The Labute approximate surface area is 142 Å². The molecule has 2 aromatic rings. The summed E-state index contributed by atoms with van der Waals surface area (Å²) in [7, 11) is 0. The summed E-state index contributed by atoms with van der Waals surface area (Å²) in [5.41, 5.74) is 1.01. The molecular weight excluding hydrogens is 306 g/mol. The van der Waals surface area contributed by atoms with E-state index in [2.05, 4.69) is 0 Å². The zero-order chi connectivity index (χ0) is 16.9. The SMILES string of the molecule is C[C@@H]1[C@H]2OC(C)(C)O[C@H]2[C@H](c2ccco2)[N@@+]1([O-])Cc1ccccc1. The topological polar surface area (TPSA) is 54.7 Å². The molecule has 2 saturated heterocycles. The highest BCUT2D eigenvalue weighted by Crippen LogP contribution is 2.52. The Bertz CT molecular complexity index is 699. The van der Waals surface area contributed by atoms with Crippen molar-refractivity contribution >= 4 is 0 Å². The van der Waals surface area contributed by atoms with Crippen LogP contribution in [0.2, 0.25) is 0 Å². The summed E-state index contributed by atoms with van der Waals surface area (Å²) in [6, 6.07) is 12.9. The zero-order valence-electron chi connectivity index (χ0n) is 14.2. The van der Waals surface area contributed by atoms with Gasteiger partial charge < -0.3 is 23.7 Å². The second-order valence-corrected chi connectivity index (χ2v) is 7.26. The van der Waals surface area contributed by atoms with Gasteiger partial charge in [-0.3, -0.25) is 0 Å². The van der Waals surface area contributed by atoms with E-state index in [9.17, 15) is 5.21 Å². The first kappa shape index (κ1) is 15.8. The van der Waals surface area contributed by atoms with E-state index in [0.29, 0.717) is 12.3 Å². The molecule has 3 heterocycles. The predicted molar refractivity (Wildman–Crippen MR) is 88.5 cm³/mol. The van der Waals surface area contributed by atoms with Gasteiger partial charge in [-0.1, -0.05) is 30.3 Å². The van der Waals surface area contributed by atoms with Crippen LogP contribution in [0, 0.1) is 5.21 Å². The summed E-state index contributed by atoms with van der Waals surface area (Å²) in [6.45, 7) is 6.12. The number of hydrogen-bond acceptors (Lipinski definition) is 4. The average molecular weight is 329 g/mol. The number of nitrogens with zero attached hydrogens (tertiary/aromatic N) is 1. The van der Waals surface area contributed by atoms with Crippen molar-refractivity contribution in [1.82, 2.24) is 0 Å². The second kappa shape index (κ2) is 5.43. The maximum atomic E-state index is 14.0. The van der Waals surface area contributed by atoms with E-state index < -0.39 is 16.5 Å². The Balaban J connectivity index is 1.75. The number of hydrogen-bond donors (Lipinski definition) is 0. The van der Waals surface area contributed by atoms with Crippen molar-refractivity contribution in [3.63, 3.8) is 0 Å². The molecular formula is C19H23NO4. The minimum atomic E-state index is -0.674. The fourth-order valence-electron chi connectivity index (χ4n) is 4.13. The van der Waals surface area contributed by atoms with Gasteiger partial charge in [0.25, 0.3) is 0 Å². The van der Waals surface area contributed by atoms with Gasteiger partial charge in [-0.05, 0) is 32.9 Å². The lowest BCUT2D eigenvalue weighted by atomic mass is 10.1. The molecule has 1 aromatic carbocycles. The smallest absolute Gasteiger partial charge is 0.177 e. The maximum absolute atomic E-state index is 14.0. The highest BCUT2D eigenvalue weighted by molar-refractivity contribution is 5.16. The summed E-state index contributed by atoms with van der Waals surface area (Å²) >= 11 is 0. The monoisotopic (exact) mass is 329 g/mol. The Hall–Kier alpha value is -1.66. The molecule has 5 heteroatoms. The Morgan fingerprint density at radius 2 is 1.75 bits per heavy atom. The van der Waals surface area contributed by atoms with Crippen LogP contribution in [0.1, 0.15) is 38.1 Å². The fraction of sp³-hybridized carbons (Fsp3) is 0.474. The van der Waals surface area contributed by atoms with Gasteiger partial charge in [0.1, 0.15) is 18.7 Å². The lowest BCUT2D eigenvalue weighted by Crippen LogP contribution is -2.50. The van der Waals surface area contributed by atoms with Crippen molar-refractivity contribution in [2.45, 2.75) is 57.4 Å². The Morgan fingerprint density at radius 3 is 2.42 bits per heavy atom. The third-order valence-corrected chi connectivity index (χ3v) is 5.22. The van der Waals surface area contributed by atoms with E-state index in [4.69, 9.17) is 13.9 Å². The highest BCUT2D eigenvalue weighted by atomic mass is 16.8. The van der Waals surface area contributed by atoms with Crippen LogP contribution in [0.4, 0.5) is 0 Å². The standard InChI is InChI=1S/C19H23NO4/c1-13-17-18(24-19(2,3)23-17)16(15-10-7-11-22-15)20(13,21)12-14-8-5-4-6-9-14/h4-11,13,16-18H,12H2,1-3H3/t13-,16+,17-,18+,20-/m1/s1. The average Bonchev–Trinajstić information content (AvgIpc) is 3.19. The molecule has 0 unspecified atom stereocenters. The van der Waals surface area contributed by atoms with E-state index >= 15 is 0 Å². The second-order valence-electron chi connectivity index (χ2n) is 7.26. The zero-order valence-corrected chi connectivity index (χ0v) is 14.2. The van der Waals surface area contributed by atoms with Crippen molar-refractivity contribution in [2.75, 3.05) is 0 Å². The molecule has 5 nitrogen and oxygen atoms in total. The first-order valence-corrected chi connectivity index (χ1v) is 8.42. The molecule has 2 aliphatic heterocycles. The fourth-order valence-corrected chi connectivity index (χ4v) is 4.13. The van der Waals surface area contributed by atoms with Crippen molar-refractivity contribution in [2.24, 2.45) is 0 Å². The van der Waals surface area contributed by atoms with Gasteiger partial charge in [-0.25, -0.2) is 0 Å². The lowest BCUT2D eigenvalue weighted by molar-refractivity contribution is -0.937. The molecule has 0 radical (unpaired) electrons. The van der Waals surface area contributed by atoms with Gasteiger partial charge in [0.2, 0.25) is 0 Å². The summed E-state index contributed by atoms with van der Waals surface area (Å²) in [4.78, 5) is 0. The number of benzene rings is 1. The molecule has 0 spiro atoms. The number of fused-ring (bicyclic) bond motifs is 1. The van der Waals surface area contributed by atoms with Gasteiger partial charge in [0, 0.05) is 5.56 Å². The number of quaternary nitrogens is 1. The van der Waals surface area contributed by atoms with E-state index in [0.717, 1.165) is 5.56 Å². The quantitative estimate of drug-likeness (QED) is 0.635. The molecule has 24 heavy (non-hydrogen) atoms. The van der Waals surface area contributed by atoms with Crippen LogP contribution in [0.25, 0.3) is 0 Å². The van der Waals surface area contributed by atoms with Crippen LogP contribution in [0.15, 0.2) is 53.1 Å². The number of ether oxygens (including phenoxy) is 2. The summed E-state index contributed by atoms with van der Waals surface area (Å²) < 4.78 is 17.4. The molecule has 0 saturated carbocycles. The largest absolute Gasteiger partial charge is 0.632 e. The van der Waals surface area contributed by atoms with Crippen molar-refractivity contribution in [1.29, 1.82) is 0 Å². The Morgan fingerprint density at radius 1 is 1.04 bits per heavy atom. The van der Waals surface area contributed by atoms with Crippen LogP contribution in [-0.2, 0) is 16.0 Å². The van der Waals surface area contributed by atoms with Crippen molar-refractivity contribution in [3.8, 4) is 0 Å². The van der Waals surface area contributed by atoms with Gasteiger partial charge >= 0.3 is 0 Å². The number of rotatable bonds is 3. The van der Waals surface area contributed by atoms with E-state index in [1.165, 1.54) is 0 Å². The lowest BCUT2D eigenvalue weighted by Gasteiger charge is -2.48. The van der Waals surface area contributed by atoms with Gasteiger partial charge in [-0.2, -0.15) is 0 Å². The normalized spacial score (nSPS) is 37.5. The van der Waals surface area contributed by atoms with Crippen LogP contribution < -0.4 is 0 Å². The number of furan rings is 1. The summed E-state index contributed by atoms with van der Waals surface area (Å²) in [5, 5.41) is 14.0. The molecule has 0 N–H and O–H groups in total. The first-order valence-electron chi connectivity index (χ1n) is 8.42. The number of hydroxylamine groups is 3. The predicted octanol–water partition coefficient (Wildman–Crippen LogP) is 3.76. The van der Waals surface area contributed by atoms with E-state index in [1.54, 1.807) is 6.26 Å². The van der Waals surface area contributed by atoms with Crippen LogP contribution in [0.3, 0.4) is 0 Å². The van der Waals surface area contributed by atoms with Gasteiger partial charge in [-0.15, -0.1) is 0 Å². The molecule has 2 aliphatic rings. The molecule has 4 rings (SSSR count). The van der Waals surface area contributed by atoms with Crippen LogP contribution in [-0.4, -0.2) is 28.7 Å². The highest BCUT2D eigenvalue weighted by Gasteiger charge is 2.63. The minimum Gasteiger partial charge on any atom is -0.632 e. The van der Waals surface area contributed by atoms with E-state index in [-0.39, 0.29) is 18.2 Å². The molecule has 2 fully saturated rings. The number of likely N-dealkylation sites (tertiary alicyclic amines) is 1. The molecule has 0 aliphatic carbocycles. The summed E-state index contributed by atoms with van der Waals surface area (Å²) in [6.07, 6.45) is 1.07. The van der Waals surface area contributed by atoms with Crippen molar-refractivity contribution < 1.29 is 18.5 Å². The molecule has 0 bridgehead atoms.